The monoisotopic (exact) mass is 727 g/mol. The maximum Gasteiger partial charge on any atom is 0.179 e. The number of rotatable bonds is 5. The zero-order valence-electron chi connectivity index (χ0n) is 30.8. The van der Waals surface area contributed by atoms with Gasteiger partial charge in [-0.3, -0.25) is 0 Å². The van der Waals surface area contributed by atoms with E-state index in [2.05, 4.69) is 229 Å². The normalized spacial score (nSPS) is 11.9. The van der Waals surface area contributed by atoms with Gasteiger partial charge in [0.1, 0.15) is 0 Å². The standard InChI is InChI=1S/C54H37NSi/c1-3-19-39(20-4-1)56(40-21-5-2-6-22-40,41-23-17-18-38(36-41)55-53-32-15-13-30-50(53)51-31-14-16-33-54(51)55)42-34-35-49-47-28-10-9-26-45(47)43-24-7-8-25-44(43)46-27-11-12-29-48(46)52(49)37-42/h1-37H. The molecule has 0 saturated heterocycles. The van der Waals surface area contributed by atoms with Crippen molar-refractivity contribution in [2.45, 2.75) is 0 Å². The van der Waals surface area contributed by atoms with E-state index in [0.717, 1.165) is 0 Å². The quantitative estimate of drug-likeness (QED) is 0.123. The summed E-state index contributed by atoms with van der Waals surface area (Å²) < 4.78 is 2.45. The number of para-hydroxylation sites is 2. The van der Waals surface area contributed by atoms with Crippen LogP contribution in [0.3, 0.4) is 0 Å². The third-order valence-corrected chi connectivity index (χ3v) is 16.7. The third kappa shape index (κ3) is 4.86. The van der Waals surface area contributed by atoms with Crippen LogP contribution < -0.4 is 20.7 Å². The number of hydrogen-bond donors (Lipinski definition) is 0. The van der Waals surface area contributed by atoms with Crippen molar-refractivity contribution in [2.24, 2.45) is 0 Å². The molecule has 0 atom stereocenters. The smallest absolute Gasteiger partial charge is 0.179 e. The van der Waals surface area contributed by atoms with E-state index >= 15 is 0 Å². The summed E-state index contributed by atoms with van der Waals surface area (Å²) in [4.78, 5) is 0. The zero-order valence-corrected chi connectivity index (χ0v) is 31.8. The lowest BCUT2D eigenvalue weighted by atomic mass is 9.81. The van der Waals surface area contributed by atoms with Crippen LogP contribution in [0, 0.1) is 0 Å². The van der Waals surface area contributed by atoms with Crippen LogP contribution in [0.25, 0.3) is 72.0 Å². The minimum absolute atomic E-state index is 1.17. The molecule has 1 aliphatic carbocycles. The Morgan fingerprint density at radius 2 is 0.625 bits per heavy atom. The molecule has 262 valence electrons. The minimum atomic E-state index is -2.96. The Morgan fingerprint density at radius 3 is 1.12 bits per heavy atom. The molecule has 1 aromatic heterocycles. The lowest BCUT2D eigenvalue weighted by Crippen LogP contribution is -2.74. The highest BCUT2D eigenvalue weighted by atomic mass is 28.3. The molecule has 0 amide bonds. The number of aromatic nitrogens is 1. The average molecular weight is 728 g/mol. The minimum Gasteiger partial charge on any atom is -0.309 e. The molecule has 0 radical (unpaired) electrons. The summed E-state index contributed by atoms with van der Waals surface area (Å²) in [6, 6.07) is 83.9. The molecule has 0 N–H and O–H groups in total. The maximum atomic E-state index is 2.55. The zero-order chi connectivity index (χ0) is 37.1. The molecule has 1 aliphatic rings. The van der Waals surface area contributed by atoms with Crippen molar-refractivity contribution in [3.05, 3.63) is 224 Å². The van der Waals surface area contributed by atoms with Crippen molar-refractivity contribution in [1.29, 1.82) is 0 Å². The molecule has 1 heterocycles. The molecular weight excluding hydrogens is 691 g/mol. The first-order valence-corrected chi connectivity index (χ1v) is 21.4. The van der Waals surface area contributed by atoms with Crippen LogP contribution in [0.2, 0.25) is 0 Å². The summed E-state index contributed by atoms with van der Waals surface area (Å²) in [6.45, 7) is 0. The Hall–Kier alpha value is -7.00. The summed E-state index contributed by atoms with van der Waals surface area (Å²) in [6.07, 6.45) is 0. The van der Waals surface area contributed by atoms with E-state index in [9.17, 15) is 0 Å². The van der Waals surface area contributed by atoms with Gasteiger partial charge in [-0.05, 0) is 89.5 Å². The highest BCUT2D eigenvalue weighted by Crippen LogP contribution is 2.47. The molecule has 56 heavy (non-hydrogen) atoms. The van der Waals surface area contributed by atoms with E-state index in [0.29, 0.717) is 0 Å². The lowest BCUT2D eigenvalue weighted by molar-refractivity contribution is 1.18. The topological polar surface area (TPSA) is 4.93 Å². The fourth-order valence-corrected chi connectivity index (χ4v) is 14.3. The lowest BCUT2D eigenvalue weighted by Gasteiger charge is -2.35. The number of benzene rings is 9. The molecule has 10 aromatic rings. The third-order valence-electron chi connectivity index (χ3n) is 11.9. The van der Waals surface area contributed by atoms with Crippen molar-refractivity contribution in [2.75, 3.05) is 0 Å². The van der Waals surface area contributed by atoms with Crippen molar-refractivity contribution < 1.29 is 0 Å². The first-order valence-electron chi connectivity index (χ1n) is 19.4. The number of hydrogen-bond acceptors (Lipinski definition) is 0. The SMILES string of the molecule is c1ccc([Si](c2ccccc2)(c2cccc(-n3c4ccccc4c4ccccc43)c2)c2ccc3c(c2)-c2ccccc2-c2ccccc2-c2ccccc2-3)cc1. The molecule has 0 unspecified atom stereocenters. The van der Waals surface area contributed by atoms with E-state index in [4.69, 9.17) is 0 Å². The Morgan fingerprint density at radius 1 is 0.250 bits per heavy atom. The molecule has 2 heteroatoms. The number of fused-ring (bicyclic) bond motifs is 11. The van der Waals surface area contributed by atoms with Gasteiger partial charge in [0.15, 0.2) is 8.07 Å². The summed E-state index contributed by atoms with van der Waals surface area (Å²) in [7, 11) is -2.96. The maximum absolute atomic E-state index is 2.96. The van der Waals surface area contributed by atoms with Gasteiger partial charge >= 0.3 is 0 Å². The first kappa shape index (κ1) is 32.4. The van der Waals surface area contributed by atoms with Crippen molar-refractivity contribution in [3.63, 3.8) is 0 Å². The van der Waals surface area contributed by atoms with Crippen LogP contribution >= 0.6 is 0 Å². The van der Waals surface area contributed by atoms with Gasteiger partial charge in [-0.25, -0.2) is 0 Å². The van der Waals surface area contributed by atoms with Crippen molar-refractivity contribution in [3.8, 4) is 50.2 Å². The second-order valence-electron chi connectivity index (χ2n) is 14.8. The largest absolute Gasteiger partial charge is 0.309 e. The van der Waals surface area contributed by atoms with Gasteiger partial charge in [-0.15, -0.1) is 0 Å². The number of nitrogens with zero attached hydrogens (tertiary/aromatic N) is 1. The van der Waals surface area contributed by atoms with E-state index < -0.39 is 8.07 Å². The van der Waals surface area contributed by atoms with Gasteiger partial charge in [0, 0.05) is 16.5 Å². The van der Waals surface area contributed by atoms with Gasteiger partial charge in [0.25, 0.3) is 0 Å². The van der Waals surface area contributed by atoms with Gasteiger partial charge in [-0.2, -0.15) is 0 Å². The summed E-state index contributed by atoms with van der Waals surface area (Å²) in [5.41, 5.74) is 13.7. The Labute approximate surface area is 328 Å². The molecular formula is C54H37NSi. The van der Waals surface area contributed by atoms with E-state index in [1.165, 1.54) is 92.7 Å². The summed E-state index contributed by atoms with van der Waals surface area (Å²) in [5, 5.41) is 7.95. The first-order chi connectivity index (χ1) is 27.8. The van der Waals surface area contributed by atoms with Crippen LogP contribution in [-0.2, 0) is 0 Å². The van der Waals surface area contributed by atoms with Gasteiger partial charge < -0.3 is 4.57 Å². The van der Waals surface area contributed by atoms with Crippen LogP contribution in [0.4, 0.5) is 0 Å². The Kier molecular flexibility index (Phi) is 7.58. The highest BCUT2D eigenvalue weighted by Gasteiger charge is 2.42. The Balaban J connectivity index is 1.24. The van der Waals surface area contributed by atoms with Gasteiger partial charge in [0.2, 0.25) is 0 Å². The molecule has 0 fully saturated rings. The van der Waals surface area contributed by atoms with E-state index in [1.807, 2.05) is 0 Å². The van der Waals surface area contributed by atoms with Gasteiger partial charge in [-0.1, -0.05) is 200 Å². The van der Waals surface area contributed by atoms with Crippen LogP contribution in [0.5, 0.6) is 0 Å². The van der Waals surface area contributed by atoms with E-state index in [1.54, 1.807) is 0 Å². The Bertz CT molecular complexity index is 2990. The second-order valence-corrected chi connectivity index (χ2v) is 18.6. The predicted octanol–water partition coefficient (Wildman–Crippen LogP) is 11.1. The second kappa shape index (κ2) is 13.1. The molecule has 0 bridgehead atoms. The molecule has 0 aliphatic heterocycles. The molecule has 11 rings (SSSR count). The predicted molar refractivity (Wildman–Crippen MR) is 240 cm³/mol. The summed E-state index contributed by atoms with van der Waals surface area (Å²) >= 11 is 0. The summed E-state index contributed by atoms with van der Waals surface area (Å²) in [5.74, 6) is 0. The van der Waals surface area contributed by atoms with Crippen LogP contribution in [0.15, 0.2) is 224 Å². The fourth-order valence-electron chi connectivity index (χ4n) is 9.55. The molecule has 1 nitrogen and oxygen atoms in total. The van der Waals surface area contributed by atoms with Gasteiger partial charge in [0.05, 0.1) is 11.0 Å². The molecule has 0 saturated carbocycles. The average Bonchev–Trinajstić information content (AvgIpc) is 3.62. The molecule has 0 spiro atoms. The van der Waals surface area contributed by atoms with Crippen LogP contribution in [0.1, 0.15) is 0 Å². The van der Waals surface area contributed by atoms with Crippen molar-refractivity contribution >= 4 is 50.6 Å². The fraction of sp³-hybridized carbons (Fsp3) is 0. The molecule has 9 aromatic carbocycles. The van der Waals surface area contributed by atoms with E-state index in [-0.39, 0.29) is 0 Å². The van der Waals surface area contributed by atoms with Crippen LogP contribution in [-0.4, -0.2) is 12.6 Å². The van der Waals surface area contributed by atoms with Crippen molar-refractivity contribution in [1.82, 2.24) is 4.57 Å². The highest BCUT2D eigenvalue weighted by molar-refractivity contribution is 7.20.